The highest BCUT2D eigenvalue weighted by atomic mass is 16.5. The first kappa shape index (κ1) is 14.9. The number of rotatable bonds is 5. The summed E-state index contributed by atoms with van der Waals surface area (Å²) in [6, 6.07) is 3.46. The van der Waals surface area contributed by atoms with E-state index in [9.17, 15) is 9.90 Å². The van der Waals surface area contributed by atoms with Gasteiger partial charge in [-0.25, -0.2) is 0 Å². The van der Waals surface area contributed by atoms with Gasteiger partial charge in [-0.2, -0.15) is 0 Å². The topological polar surface area (TPSA) is 62.7 Å². The van der Waals surface area contributed by atoms with Crippen molar-refractivity contribution >= 4 is 5.91 Å². The van der Waals surface area contributed by atoms with Crippen LogP contribution in [0.25, 0.3) is 0 Å². The molecule has 0 aromatic carbocycles. The van der Waals surface area contributed by atoms with Crippen LogP contribution in [-0.2, 0) is 4.74 Å². The molecule has 0 spiro atoms. The van der Waals surface area contributed by atoms with Gasteiger partial charge >= 0.3 is 0 Å². The number of hydrogen-bond acceptors (Lipinski definition) is 4. The molecule has 1 amide bonds. The number of pyridine rings is 1. The van der Waals surface area contributed by atoms with Gasteiger partial charge in [-0.05, 0) is 31.4 Å². The van der Waals surface area contributed by atoms with Gasteiger partial charge in [0, 0.05) is 50.2 Å². The van der Waals surface area contributed by atoms with Crippen molar-refractivity contribution in [2.45, 2.75) is 19.3 Å². The molecule has 1 fully saturated rings. The van der Waals surface area contributed by atoms with Crippen molar-refractivity contribution in [3.05, 3.63) is 30.1 Å². The first-order chi connectivity index (χ1) is 9.71. The summed E-state index contributed by atoms with van der Waals surface area (Å²) in [5, 5.41) is 9.73. The summed E-state index contributed by atoms with van der Waals surface area (Å²) in [5.41, 5.74) is 0.428. The second-order valence-corrected chi connectivity index (χ2v) is 5.47. The largest absolute Gasteiger partial charge is 0.396 e. The minimum Gasteiger partial charge on any atom is -0.396 e. The third kappa shape index (κ3) is 3.35. The van der Waals surface area contributed by atoms with E-state index < -0.39 is 0 Å². The molecule has 1 aliphatic rings. The van der Waals surface area contributed by atoms with Crippen LogP contribution < -0.4 is 0 Å². The molecule has 1 aliphatic heterocycles. The standard InChI is InChI=1S/C15H22N2O3/c1-20-10-6-15(12-18)5-2-9-17(11-15)14(19)13-3-7-16-8-4-13/h3-4,7-8,18H,2,5-6,9-12H2,1H3. The lowest BCUT2D eigenvalue weighted by Crippen LogP contribution is -2.48. The van der Waals surface area contributed by atoms with Gasteiger partial charge in [0.05, 0.1) is 6.61 Å². The molecule has 5 nitrogen and oxygen atoms in total. The van der Waals surface area contributed by atoms with E-state index in [1.54, 1.807) is 31.6 Å². The zero-order chi connectivity index (χ0) is 14.4. The quantitative estimate of drug-likeness (QED) is 0.882. The molecule has 5 heteroatoms. The number of aliphatic hydroxyl groups excluding tert-OH is 1. The smallest absolute Gasteiger partial charge is 0.253 e. The SMILES string of the molecule is COCCC1(CO)CCCN(C(=O)c2ccncc2)C1. The minimum absolute atomic E-state index is 0.0161. The molecule has 1 N–H and O–H groups in total. The van der Waals surface area contributed by atoms with Crippen molar-refractivity contribution < 1.29 is 14.6 Å². The molecular weight excluding hydrogens is 256 g/mol. The molecule has 0 aliphatic carbocycles. The van der Waals surface area contributed by atoms with Crippen LogP contribution in [0.5, 0.6) is 0 Å². The fourth-order valence-corrected chi connectivity index (χ4v) is 2.79. The third-order valence-corrected chi connectivity index (χ3v) is 4.05. The second kappa shape index (κ2) is 6.81. The van der Waals surface area contributed by atoms with Crippen LogP contribution in [0.1, 0.15) is 29.6 Å². The highest BCUT2D eigenvalue weighted by Crippen LogP contribution is 2.33. The Morgan fingerprint density at radius 3 is 2.90 bits per heavy atom. The van der Waals surface area contributed by atoms with Crippen molar-refractivity contribution in [3.8, 4) is 0 Å². The van der Waals surface area contributed by atoms with E-state index in [0.29, 0.717) is 18.7 Å². The maximum absolute atomic E-state index is 12.5. The molecular formula is C15H22N2O3. The summed E-state index contributed by atoms with van der Waals surface area (Å²) in [6.07, 6.45) is 5.89. The number of amides is 1. The average Bonchev–Trinajstić information content (AvgIpc) is 2.53. The Labute approximate surface area is 119 Å². The maximum Gasteiger partial charge on any atom is 0.253 e. The predicted molar refractivity (Wildman–Crippen MR) is 75.4 cm³/mol. The van der Waals surface area contributed by atoms with Gasteiger partial charge < -0.3 is 14.7 Å². The van der Waals surface area contributed by atoms with Crippen molar-refractivity contribution in [3.63, 3.8) is 0 Å². The molecule has 0 radical (unpaired) electrons. The molecule has 1 unspecified atom stereocenters. The molecule has 1 aromatic heterocycles. The van der Waals surface area contributed by atoms with Crippen LogP contribution >= 0.6 is 0 Å². The number of methoxy groups -OCH3 is 1. The van der Waals surface area contributed by atoms with Crippen molar-refractivity contribution in [1.29, 1.82) is 0 Å². The summed E-state index contributed by atoms with van der Waals surface area (Å²) in [7, 11) is 1.66. The first-order valence-corrected chi connectivity index (χ1v) is 7.00. The zero-order valence-corrected chi connectivity index (χ0v) is 11.9. The Balaban J connectivity index is 2.07. The van der Waals surface area contributed by atoms with Crippen LogP contribution in [0, 0.1) is 5.41 Å². The van der Waals surface area contributed by atoms with E-state index in [1.165, 1.54) is 0 Å². The molecule has 0 bridgehead atoms. The van der Waals surface area contributed by atoms with Crippen LogP contribution in [0.15, 0.2) is 24.5 Å². The number of aromatic nitrogens is 1. The maximum atomic E-state index is 12.5. The van der Waals surface area contributed by atoms with Crippen LogP contribution in [0.2, 0.25) is 0 Å². The lowest BCUT2D eigenvalue weighted by molar-refractivity contribution is 0.00898. The summed E-state index contributed by atoms with van der Waals surface area (Å²) in [5.74, 6) is 0.0161. The van der Waals surface area contributed by atoms with Gasteiger partial charge in [0.25, 0.3) is 5.91 Å². The third-order valence-electron chi connectivity index (χ3n) is 4.05. The van der Waals surface area contributed by atoms with Gasteiger partial charge in [-0.3, -0.25) is 9.78 Å². The molecule has 110 valence electrons. The number of piperidine rings is 1. The summed E-state index contributed by atoms with van der Waals surface area (Å²) >= 11 is 0. The van der Waals surface area contributed by atoms with E-state index in [0.717, 1.165) is 25.8 Å². The lowest BCUT2D eigenvalue weighted by Gasteiger charge is -2.41. The van der Waals surface area contributed by atoms with Gasteiger partial charge in [0.15, 0.2) is 0 Å². The normalized spacial score (nSPS) is 22.8. The number of aliphatic hydroxyl groups is 1. The van der Waals surface area contributed by atoms with Gasteiger partial charge in [-0.1, -0.05) is 0 Å². The van der Waals surface area contributed by atoms with Crippen molar-refractivity contribution in [2.75, 3.05) is 33.4 Å². The van der Waals surface area contributed by atoms with E-state index in [1.807, 2.05) is 4.90 Å². The molecule has 1 atom stereocenters. The Hall–Kier alpha value is -1.46. The van der Waals surface area contributed by atoms with E-state index in [4.69, 9.17) is 4.74 Å². The van der Waals surface area contributed by atoms with Gasteiger partial charge in [0.1, 0.15) is 0 Å². The predicted octanol–water partition coefficient (Wildman–Crippen LogP) is 1.33. The molecule has 20 heavy (non-hydrogen) atoms. The Morgan fingerprint density at radius 1 is 1.50 bits per heavy atom. The fraction of sp³-hybridized carbons (Fsp3) is 0.600. The summed E-state index contributed by atoms with van der Waals surface area (Å²) in [4.78, 5) is 18.2. The number of carbonyl (C=O) groups is 1. The zero-order valence-electron chi connectivity index (χ0n) is 11.9. The summed E-state index contributed by atoms with van der Waals surface area (Å²) in [6.45, 7) is 2.04. The minimum atomic E-state index is -0.225. The monoisotopic (exact) mass is 278 g/mol. The molecule has 0 saturated carbocycles. The number of ether oxygens (including phenoxy) is 1. The Kier molecular flexibility index (Phi) is 5.09. The fourth-order valence-electron chi connectivity index (χ4n) is 2.79. The van der Waals surface area contributed by atoms with E-state index >= 15 is 0 Å². The van der Waals surface area contributed by atoms with Crippen molar-refractivity contribution in [2.24, 2.45) is 5.41 Å². The Morgan fingerprint density at radius 2 is 2.25 bits per heavy atom. The van der Waals surface area contributed by atoms with Crippen LogP contribution in [0.3, 0.4) is 0 Å². The second-order valence-electron chi connectivity index (χ2n) is 5.47. The first-order valence-electron chi connectivity index (χ1n) is 7.00. The highest BCUT2D eigenvalue weighted by molar-refractivity contribution is 5.94. The average molecular weight is 278 g/mol. The highest BCUT2D eigenvalue weighted by Gasteiger charge is 2.36. The van der Waals surface area contributed by atoms with E-state index in [-0.39, 0.29) is 17.9 Å². The number of likely N-dealkylation sites (tertiary alicyclic amines) is 1. The lowest BCUT2D eigenvalue weighted by atomic mass is 9.78. The molecule has 1 aromatic rings. The number of carbonyl (C=O) groups excluding carboxylic acids is 1. The van der Waals surface area contributed by atoms with Gasteiger partial charge in [-0.15, -0.1) is 0 Å². The van der Waals surface area contributed by atoms with Crippen molar-refractivity contribution in [1.82, 2.24) is 9.88 Å². The summed E-state index contributed by atoms with van der Waals surface area (Å²) < 4.78 is 5.13. The molecule has 1 saturated heterocycles. The van der Waals surface area contributed by atoms with E-state index in [2.05, 4.69) is 4.98 Å². The van der Waals surface area contributed by atoms with Crippen LogP contribution in [0.4, 0.5) is 0 Å². The van der Waals surface area contributed by atoms with Gasteiger partial charge in [0.2, 0.25) is 0 Å². The van der Waals surface area contributed by atoms with Crippen LogP contribution in [-0.4, -0.2) is 54.3 Å². The molecule has 2 rings (SSSR count). The number of hydrogen-bond donors (Lipinski definition) is 1. The number of nitrogens with zero attached hydrogens (tertiary/aromatic N) is 2. The Bertz CT molecular complexity index is 438. The molecule has 2 heterocycles.